The minimum absolute atomic E-state index is 0.0634. The predicted molar refractivity (Wildman–Crippen MR) is 105 cm³/mol. The van der Waals surface area contributed by atoms with Crippen LogP contribution in [-0.4, -0.2) is 39.2 Å². The predicted octanol–water partition coefficient (Wildman–Crippen LogP) is 1.83. The molecule has 3 rings (SSSR count). The molecule has 3 aromatic rings. The summed E-state index contributed by atoms with van der Waals surface area (Å²) in [5.74, 6) is -0.431. The van der Waals surface area contributed by atoms with Crippen molar-refractivity contribution in [3.8, 4) is 5.88 Å². The Labute approximate surface area is 165 Å². The maximum atomic E-state index is 14.1. The largest absolute Gasteiger partial charge is 0.474 e. The van der Waals surface area contributed by atoms with Crippen LogP contribution in [0, 0.1) is 5.82 Å². The fourth-order valence-electron chi connectivity index (χ4n) is 2.40. The highest BCUT2D eigenvalue weighted by Crippen LogP contribution is 2.19. The number of aliphatic hydroxyl groups excluding tert-OH is 1. The molecule has 1 aromatic carbocycles. The number of anilines is 3. The van der Waals surface area contributed by atoms with Gasteiger partial charge in [-0.2, -0.15) is 0 Å². The molecule has 0 saturated carbocycles. The van der Waals surface area contributed by atoms with Crippen LogP contribution in [0.25, 0.3) is 0 Å². The van der Waals surface area contributed by atoms with E-state index in [1.807, 2.05) is 0 Å². The highest BCUT2D eigenvalue weighted by molar-refractivity contribution is 6.02. The number of nitrogens with two attached hydrogens (primary N) is 1. The van der Waals surface area contributed by atoms with Gasteiger partial charge in [0.05, 0.1) is 24.7 Å². The van der Waals surface area contributed by atoms with Crippen LogP contribution < -0.4 is 21.1 Å². The van der Waals surface area contributed by atoms with Crippen molar-refractivity contribution < 1.29 is 19.0 Å². The summed E-state index contributed by atoms with van der Waals surface area (Å²) in [6.45, 7) is 0.0818. The molecule has 0 saturated heterocycles. The summed E-state index contributed by atoms with van der Waals surface area (Å²) < 4.78 is 19.2. The summed E-state index contributed by atoms with van der Waals surface area (Å²) in [7, 11) is 0. The number of nitrogens with one attached hydrogen (secondary N) is 2. The molecule has 10 heteroatoms. The van der Waals surface area contributed by atoms with Crippen LogP contribution in [0.3, 0.4) is 0 Å². The molecule has 150 valence electrons. The van der Waals surface area contributed by atoms with Crippen molar-refractivity contribution >= 4 is 23.1 Å². The molecule has 0 fully saturated rings. The first-order chi connectivity index (χ1) is 14.1. The average Bonchev–Trinajstić information content (AvgIpc) is 2.74. The Kier molecular flexibility index (Phi) is 6.48. The van der Waals surface area contributed by atoms with Crippen LogP contribution in [0.2, 0.25) is 0 Å². The van der Waals surface area contributed by atoms with Crippen molar-refractivity contribution in [1.29, 1.82) is 0 Å². The number of carbonyl (C=O) groups is 1. The van der Waals surface area contributed by atoms with Crippen LogP contribution in [0.4, 0.5) is 21.6 Å². The van der Waals surface area contributed by atoms with Gasteiger partial charge in [0.1, 0.15) is 23.9 Å². The lowest BCUT2D eigenvalue weighted by Crippen LogP contribution is -2.15. The fraction of sp³-hybridized carbons (Fsp3) is 0.158. The van der Waals surface area contributed by atoms with E-state index in [0.717, 1.165) is 0 Å². The molecule has 1 amide bonds. The van der Waals surface area contributed by atoms with Crippen molar-refractivity contribution in [2.24, 2.45) is 0 Å². The van der Waals surface area contributed by atoms with Gasteiger partial charge in [0.2, 0.25) is 5.88 Å². The van der Waals surface area contributed by atoms with Crippen molar-refractivity contribution in [1.82, 2.24) is 15.0 Å². The topological polar surface area (TPSA) is 135 Å². The van der Waals surface area contributed by atoms with E-state index in [4.69, 9.17) is 15.6 Å². The van der Waals surface area contributed by atoms with Gasteiger partial charge >= 0.3 is 0 Å². The molecule has 0 aliphatic carbocycles. The normalized spacial score (nSPS) is 10.4. The van der Waals surface area contributed by atoms with Gasteiger partial charge in [0.25, 0.3) is 5.91 Å². The molecule has 0 bridgehead atoms. The minimum Gasteiger partial charge on any atom is -0.474 e. The van der Waals surface area contributed by atoms with Gasteiger partial charge < -0.3 is 26.2 Å². The maximum Gasteiger partial charge on any atom is 0.275 e. The second-order valence-electron chi connectivity index (χ2n) is 5.86. The van der Waals surface area contributed by atoms with Gasteiger partial charge in [-0.1, -0.05) is 0 Å². The van der Waals surface area contributed by atoms with E-state index in [2.05, 4.69) is 25.6 Å². The summed E-state index contributed by atoms with van der Waals surface area (Å²) in [5.41, 5.74) is 7.14. The lowest BCUT2D eigenvalue weighted by molar-refractivity contribution is 0.102. The van der Waals surface area contributed by atoms with E-state index >= 15 is 0 Å². The molecule has 2 heterocycles. The molecule has 0 aliphatic heterocycles. The number of benzene rings is 1. The van der Waals surface area contributed by atoms with Crippen molar-refractivity contribution in [3.05, 3.63) is 66.0 Å². The lowest BCUT2D eigenvalue weighted by atomic mass is 10.1. The number of halogens is 1. The van der Waals surface area contributed by atoms with Gasteiger partial charge in [0, 0.05) is 24.0 Å². The second kappa shape index (κ2) is 9.42. The fourth-order valence-corrected chi connectivity index (χ4v) is 2.40. The number of nitrogens with zero attached hydrogens (tertiary/aromatic N) is 3. The molecule has 5 N–H and O–H groups in total. The molecule has 0 unspecified atom stereocenters. The number of amides is 1. The third kappa shape index (κ3) is 5.36. The van der Waals surface area contributed by atoms with Gasteiger partial charge in [-0.05, 0) is 30.3 Å². The molecular formula is C19H19FN6O3. The summed E-state index contributed by atoms with van der Waals surface area (Å²) in [5, 5.41) is 14.4. The van der Waals surface area contributed by atoms with E-state index in [1.165, 1.54) is 30.6 Å². The van der Waals surface area contributed by atoms with Gasteiger partial charge in [-0.15, -0.1) is 0 Å². The highest BCUT2D eigenvalue weighted by atomic mass is 19.1. The summed E-state index contributed by atoms with van der Waals surface area (Å²) in [6.07, 6.45) is 4.09. The molecule has 0 aliphatic rings. The highest BCUT2D eigenvalue weighted by Gasteiger charge is 2.11. The zero-order valence-electron chi connectivity index (χ0n) is 15.3. The van der Waals surface area contributed by atoms with E-state index in [1.54, 1.807) is 18.3 Å². The summed E-state index contributed by atoms with van der Waals surface area (Å²) in [4.78, 5) is 24.2. The third-order valence-electron chi connectivity index (χ3n) is 3.81. The Morgan fingerprint density at radius 1 is 1.21 bits per heavy atom. The van der Waals surface area contributed by atoms with Crippen molar-refractivity contribution in [2.45, 2.75) is 6.54 Å². The lowest BCUT2D eigenvalue weighted by Gasteiger charge is -2.11. The Balaban J connectivity index is 1.66. The van der Waals surface area contributed by atoms with Crippen LogP contribution in [0.15, 0.2) is 48.9 Å². The number of ether oxygens (including phenoxy) is 1. The number of hydrogen-bond acceptors (Lipinski definition) is 8. The molecule has 0 spiro atoms. The van der Waals surface area contributed by atoms with E-state index in [0.29, 0.717) is 22.8 Å². The van der Waals surface area contributed by atoms with Crippen LogP contribution in [0.1, 0.15) is 16.1 Å². The minimum atomic E-state index is -0.506. The molecule has 9 nitrogen and oxygen atoms in total. The third-order valence-corrected chi connectivity index (χ3v) is 3.81. The average molecular weight is 398 g/mol. The van der Waals surface area contributed by atoms with Crippen LogP contribution in [0.5, 0.6) is 5.88 Å². The number of pyridine rings is 1. The summed E-state index contributed by atoms with van der Waals surface area (Å²) >= 11 is 0. The molecule has 2 aromatic heterocycles. The van der Waals surface area contributed by atoms with Gasteiger partial charge in [0.15, 0.2) is 0 Å². The molecule has 0 radical (unpaired) electrons. The van der Waals surface area contributed by atoms with E-state index in [9.17, 15) is 9.18 Å². The maximum absolute atomic E-state index is 14.1. The Hall–Kier alpha value is -3.79. The Morgan fingerprint density at radius 3 is 2.79 bits per heavy atom. The van der Waals surface area contributed by atoms with E-state index in [-0.39, 0.29) is 31.3 Å². The first kappa shape index (κ1) is 20.0. The van der Waals surface area contributed by atoms with Crippen LogP contribution >= 0.6 is 0 Å². The number of rotatable bonds is 8. The quantitative estimate of drug-likeness (QED) is 0.451. The molecule has 0 atom stereocenters. The first-order valence-electron chi connectivity index (χ1n) is 8.66. The zero-order chi connectivity index (χ0) is 20.6. The monoisotopic (exact) mass is 398 g/mol. The first-order valence-corrected chi connectivity index (χ1v) is 8.66. The number of aromatic nitrogens is 3. The van der Waals surface area contributed by atoms with Gasteiger partial charge in [-0.25, -0.2) is 19.3 Å². The molecule has 29 heavy (non-hydrogen) atoms. The van der Waals surface area contributed by atoms with E-state index < -0.39 is 11.7 Å². The number of nitrogen functional groups attached to an aromatic ring is 1. The summed E-state index contributed by atoms with van der Waals surface area (Å²) in [6, 6.07) is 7.67. The number of carbonyl (C=O) groups excluding carboxylic acids is 1. The smallest absolute Gasteiger partial charge is 0.275 e. The standard InChI is InChI=1S/C19H19FN6O3/c20-14-4-3-13(8-12(14)9-23-15-2-1-5-22-18(15)21)26-19(28)16-10-25-17(11-24-16)29-7-6-27/h1-5,8,10-11,23,27H,6-7,9H2,(H2,21,22)(H,26,28). The van der Waals surface area contributed by atoms with Crippen molar-refractivity contribution in [2.75, 3.05) is 29.6 Å². The number of hydrogen-bond donors (Lipinski definition) is 4. The van der Waals surface area contributed by atoms with Gasteiger partial charge in [-0.3, -0.25) is 4.79 Å². The Bertz CT molecular complexity index is 984. The Morgan fingerprint density at radius 2 is 2.07 bits per heavy atom. The zero-order valence-corrected chi connectivity index (χ0v) is 15.3. The van der Waals surface area contributed by atoms with Crippen LogP contribution in [-0.2, 0) is 6.54 Å². The second-order valence-corrected chi connectivity index (χ2v) is 5.86. The SMILES string of the molecule is Nc1ncccc1NCc1cc(NC(=O)c2cnc(OCCO)cn2)ccc1F. The molecular weight excluding hydrogens is 379 g/mol. The van der Waals surface area contributed by atoms with Crippen molar-refractivity contribution in [3.63, 3.8) is 0 Å². The number of aliphatic hydroxyl groups is 1.